The second-order valence-corrected chi connectivity index (χ2v) is 8.73. The van der Waals surface area contributed by atoms with E-state index in [0.29, 0.717) is 5.92 Å². The molecule has 1 fully saturated rings. The van der Waals surface area contributed by atoms with Crippen LogP contribution in [0.1, 0.15) is 98.8 Å². The highest BCUT2D eigenvalue weighted by atomic mass is 16.3. The van der Waals surface area contributed by atoms with Crippen molar-refractivity contribution in [2.24, 2.45) is 23.7 Å². The Morgan fingerprint density at radius 2 is 1.48 bits per heavy atom. The van der Waals surface area contributed by atoms with Crippen molar-refractivity contribution in [2.45, 2.75) is 104 Å². The molecule has 0 heterocycles. The molecule has 1 atom stereocenters. The van der Waals surface area contributed by atoms with E-state index in [1.165, 1.54) is 64.2 Å². The molecule has 21 heavy (non-hydrogen) atoms. The minimum atomic E-state index is -0.462. The van der Waals surface area contributed by atoms with Crippen LogP contribution in [0.15, 0.2) is 0 Å². The largest absolute Gasteiger partial charge is 0.390 e. The minimum absolute atomic E-state index is 0.462. The first-order valence-corrected chi connectivity index (χ1v) is 9.51. The molecular formula is C20H40O. The maximum absolute atomic E-state index is 10.1. The van der Waals surface area contributed by atoms with E-state index >= 15 is 0 Å². The van der Waals surface area contributed by atoms with E-state index in [-0.39, 0.29) is 0 Å². The summed E-state index contributed by atoms with van der Waals surface area (Å²) in [6.07, 6.45) is 13.6. The fourth-order valence-electron chi connectivity index (χ4n) is 3.93. The molecule has 1 unspecified atom stereocenters. The molecule has 0 saturated heterocycles. The van der Waals surface area contributed by atoms with E-state index in [2.05, 4.69) is 20.8 Å². The molecule has 1 heteroatoms. The first kappa shape index (κ1) is 19.0. The van der Waals surface area contributed by atoms with Gasteiger partial charge in [-0.05, 0) is 50.4 Å². The third-order valence-corrected chi connectivity index (χ3v) is 5.63. The van der Waals surface area contributed by atoms with Crippen LogP contribution >= 0.6 is 0 Å². The highest BCUT2D eigenvalue weighted by molar-refractivity contribution is 4.82. The van der Waals surface area contributed by atoms with Crippen molar-refractivity contribution in [3.8, 4) is 0 Å². The van der Waals surface area contributed by atoms with Crippen molar-refractivity contribution in [1.29, 1.82) is 0 Å². The second-order valence-electron chi connectivity index (χ2n) is 8.73. The van der Waals surface area contributed by atoms with E-state index in [0.717, 1.165) is 17.8 Å². The molecular weight excluding hydrogens is 256 g/mol. The van der Waals surface area contributed by atoms with Gasteiger partial charge in [-0.2, -0.15) is 0 Å². The Morgan fingerprint density at radius 1 is 0.905 bits per heavy atom. The summed E-state index contributed by atoms with van der Waals surface area (Å²) in [5.74, 6) is 3.25. The average Bonchev–Trinajstić information content (AvgIpc) is 2.38. The van der Waals surface area contributed by atoms with Gasteiger partial charge in [-0.3, -0.25) is 0 Å². The SMILES string of the molecule is CC(C)CCCC(C)CCCC1CCC(C(C)(C)O)CC1. The topological polar surface area (TPSA) is 20.2 Å². The predicted octanol–water partition coefficient (Wildman–Crippen LogP) is 6.20. The maximum Gasteiger partial charge on any atom is 0.0619 e. The van der Waals surface area contributed by atoms with Gasteiger partial charge in [-0.15, -0.1) is 0 Å². The number of rotatable bonds is 9. The fraction of sp³-hybridized carbons (Fsp3) is 1.00. The van der Waals surface area contributed by atoms with Gasteiger partial charge in [-0.25, -0.2) is 0 Å². The summed E-state index contributed by atoms with van der Waals surface area (Å²) in [5.41, 5.74) is -0.462. The standard InChI is InChI=1S/C20H40O/c1-16(2)8-6-9-17(3)10-7-11-18-12-14-19(15-13-18)20(4,5)21/h16-19,21H,6-15H2,1-5H3. The Hall–Kier alpha value is -0.0400. The van der Waals surface area contributed by atoms with Crippen molar-refractivity contribution >= 4 is 0 Å². The minimum Gasteiger partial charge on any atom is -0.390 e. The van der Waals surface area contributed by atoms with Crippen LogP contribution in [0, 0.1) is 23.7 Å². The molecule has 1 rings (SSSR count). The fourth-order valence-corrected chi connectivity index (χ4v) is 3.93. The van der Waals surface area contributed by atoms with E-state index in [1.54, 1.807) is 0 Å². The lowest BCUT2D eigenvalue weighted by Crippen LogP contribution is -2.33. The van der Waals surface area contributed by atoms with Crippen molar-refractivity contribution in [3.63, 3.8) is 0 Å². The molecule has 0 aliphatic heterocycles. The Labute approximate surface area is 133 Å². The molecule has 1 nitrogen and oxygen atoms in total. The normalized spacial score (nSPS) is 25.3. The van der Waals surface area contributed by atoms with E-state index in [9.17, 15) is 5.11 Å². The molecule has 0 amide bonds. The molecule has 1 aliphatic rings. The molecule has 0 radical (unpaired) electrons. The van der Waals surface area contributed by atoms with Gasteiger partial charge in [-0.1, -0.05) is 72.1 Å². The van der Waals surface area contributed by atoms with Crippen LogP contribution in [0.25, 0.3) is 0 Å². The zero-order valence-corrected chi connectivity index (χ0v) is 15.3. The van der Waals surface area contributed by atoms with Crippen LogP contribution in [0.3, 0.4) is 0 Å². The Balaban J connectivity index is 2.06. The second kappa shape index (κ2) is 9.18. The summed E-state index contributed by atoms with van der Waals surface area (Å²) in [6.45, 7) is 11.1. The Kier molecular flexibility index (Phi) is 8.31. The van der Waals surface area contributed by atoms with E-state index in [1.807, 2.05) is 13.8 Å². The number of aliphatic hydroxyl groups is 1. The van der Waals surface area contributed by atoms with E-state index in [4.69, 9.17) is 0 Å². The summed E-state index contributed by atoms with van der Waals surface area (Å²) >= 11 is 0. The zero-order chi connectivity index (χ0) is 15.9. The molecule has 0 aromatic rings. The van der Waals surface area contributed by atoms with Gasteiger partial charge < -0.3 is 5.11 Å². The molecule has 0 bridgehead atoms. The monoisotopic (exact) mass is 296 g/mol. The summed E-state index contributed by atoms with van der Waals surface area (Å²) in [7, 11) is 0. The van der Waals surface area contributed by atoms with Gasteiger partial charge in [0, 0.05) is 0 Å². The van der Waals surface area contributed by atoms with Gasteiger partial charge in [0.2, 0.25) is 0 Å². The average molecular weight is 297 g/mol. The van der Waals surface area contributed by atoms with Gasteiger partial charge in [0.05, 0.1) is 5.60 Å². The highest BCUT2D eigenvalue weighted by Crippen LogP contribution is 2.37. The Morgan fingerprint density at radius 3 is 2.00 bits per heavy atom. The third kappa shape index (κ3) is 8.24. The quantitative estimate of drug-likeness (QED) is 0.537. The van der Waals surface area contributed by atoms with Gasteiger partial charge in [0.15, 0.2) is 0 Å². The lowest BCUT2D eigenvalue weighted by Gasteiger charge is -2.36. The molecule has 1 aliphatic carbocycles. The smallest absolute Gasteiger partial charge is 0.0619 e. The molecule has 0 spiro atoms. The third-order valence-electron chi connectivity index (χ3n) is 5.63. The lowest BCUT2D eigenvalue weighted by atomic mass is 9.73. The predicted molar refractivity (Wildman–Crippen MR) is 93.4 cm³/mol. The summed E-state index contributed by atoms with van der Waals surface area (Å²) in [6, 6.07) is 0. The van der Waals surface area contributed by atoms with Crippen molar-refractivity contribution < 1.29 is 5.11 Å². The maximum atomic E-state index is 10.1. The zero-order valence-electron chi connectivity index (χ0n) is 15.3. The first-order valence-electron chi connectivity index (χ1n) is 9.51. The van der Waals surface area contributed by atoms with Gasteiger partial charge in [0.1, 0.15) is 0 Å². The number of hydrogen-bond acceptors (Lipinski definition) is 1. The van der Waals surface area contributed by atoms with Crippen LogP contribution in [0.4, 0.5) is 0 Å². The van der Waals surface area contributed by atoms with E-state index < -0.39 is 5.60 Å². The van der Waals surface area contributed by atoms with Gasteiger partial charge in [0.25, 0.3) is 0 Å². The van der Waals surface area contributed by atoms with Crippen LogP contribution in [-0.4, -0.2) is 10.7 Å². The van der Waals surface area contributed by atoms with Crippen LogP contribution < -0.4 is 0 Å². The van der Waals surface area contributed by atoms with Crippen LogP contribution in [0.5, 0.6) is 0 Å². The summed E-state index contributed by atoms with van der Waals surface area (Å²) in [4.78, 5) is 0. The molecule has 1 N–H and O–H groups in total. The van der Waals surface area contributed by atoms with Crippen LogP contribution in [-0.2, 0) is 0 Å². The summed E-state index contributed by atoms with van der Waals surface area (Å²) < 4.78 is 0. The molecule has 0 aromatic carbocycles. The first-order chi connectivity index (χ1) is 9.79. The Bertz CT molecular complexity index is 256. The van der Waals surface area contributed by atoms with Gasteiger partial charge >= 0.3 is 0 Å². The molecule has 126 valence electrons. The summed E-state index contributed by atoms with van der Waals surface area (Å²) in [5, 5.41) is 10.1. The molecule has 1 saturated carbocycles. The highest BCUT2D eigenvalue weighted by Gasteiger charge is 2.30. The molecule has 0 aromatic heterocycles. The lowest BCUT2D eigenvalue weighted by molar-refractivity contribution is -0.00652. The van der Waals surface area contributed by atoms with Crippen LogP contribution in [0.2, 0.25) is 0 Å². The van der Waals surface area contributed by atoms with Crippen molar-refractivity contribution in [3.05, 3.63) is 0 Å². The number of hydrogen-bond donors (Lipinski definition) is 1. The van der Waals surface area contributed by atoms with Crippen molar-refractivity contribution in [2.75, 3.05) is 0 Å². The van der Waals surface area contributed by atoms with Crippen molar-refractivity contribution in [1.82, 2.24) is 0 Å².